The molecule has 2 aliphatic heterocycles. The van der Waals surface area contributed by atoms with Crippen LogP contribution in [0.3, 0.4) is 0 Å². The normalized spacial score (nSPS) is 18.3. The Hall–Kier alpha value is -4.37. The molecule has 0 aliphatic carbocycles. The van der Waals surface area contributed by atoms with Crippen LogP contribution >= 0.6 is 11.8 Å². The molecule has 0 radical (unpaired) electrons. The van der Waals surface area contributed by atoms with Crippen LogP contribution in [0, 0.1) is 13.8 Å². The van der Waals surface area contributed by atoms with E-state index in [0.29, 0.717) is 11.3 Å². The zero-order valence-corrected chi connectivity index (χ0v) is 23.8. The van der Waals surface area contributed by atoms with E-state index in [1.165, 1.54) is 23.6 Å². The summed E-state index contributed by atoms with van der Waals surface area (Å²) in [6.07, 6.45) is 0.920. The van der Waals surface area contributed by atoms with Gasteiger partial charge in [0, 0.05) is 24.5 Å². The van der Waals surface area contributed by atoms with E-state index < -0.39 is 29.5 Å². The monoisotopic (exact) mass is 570 g/mol. The summed E-state index contributed by atoms with van der Waals surface area (Å²) in [5, 5.41) is 9.66. The number of aliphatic imine (C=N–C) groups is 1. The fourth-order valence-corrected chi connectivity index (χ4v) is 6.25. The van der Waals surface area contributed by atoms with Crippen molar-refractivity contribution in [2.24, 2.45) is 4.99 Å². The summed E-state index contributed by atoms with van der Waals surface area (Å²) in [6, 6.07) is 21.7. The van der Waals surface area contributed by atoms with Crippen LogP contribution in [0.25, 0.3) is 0 Å². The SMILES string of the molecule is CC(=O)OCC1=C(C(=O)OC(c2ccccc2)c2ccccc2)N2C(=O)[C@@H](/N=C/c3cc(C)c(O)c(C)c3)[C@H]2SC1. The Morgan fingerprint density at radius 1 is 1.05 bits per heavy atom. The summed E-state index contributed by atoms with van der Waals surface area (Å²) in [6.45, 7) is 4.78. The molecule has 5 rings (SSSR count). The van der Waals surface area contributed by atoms with Gasteiger partial charge in [0.25, 0.3) is 5.91 Å². The molecular formula is C32H30N2O6S. The average Bonchev–Trinajstić information content (AvgIpc) is 2.97. The molecule has 2 atom stereocenters. The molecule has 1 N–H and O–H groups in total. The lowest BCUT2D eigenvalue weighted by atomic mass is 10.0. The predicted octanol–water partition coefficient (Wildman–Crippen LogP) is 4.86. The van der Waals surface area contributed by atoms with Crippen LogP contribution < -0.4 is 0 Å². The van der Waals surface area contributed by atoms with Crippen LogP contribution in [0.15, 0.2) is 89.1 Å². The first kappa shape index (κ1) is 28.2. The van der Waals surface area contributed by atoms with Gasteiger partial charge in [-0.3, -0.25) is 19.5 Å². The number of aromatic hydroxyl groups is 1. The van der Waals surface area contributed by atoms with Crippen molar-refractivity contribution in [3.63, 3.8) is 0 Å². The van der Waals surface area contributed by atoms with Crippen molar-refractivity contribution in [1.29, 1.82) is 0 Å². The van der Waals surface area contributed by atoms with Gasteiger partial charge in [-0.2, -0.15) is 0 Å². The molecule has 0 saturated carbocycles. The fourth-order valence-electron chi connectivity index (χ4n) is 4.93. The van der Waals surface area contributed by atoms with Gasteiger partial charge in [0.05, 0.1) is 0 Å². The van der Waals surface area contributed by atoms with E-state index in [1.807, 2.05) is 60.7 Å². The molecule has 9 heteroatoms. The maximum atomic E-state index is 13.9. The number of fused-ring (bicyclic) bond motifs is 1. The van der Waals surface area contributed by atoms with Crippen molar-refractivity contribution in [2.75, 3.05) is 12.4 Å². The number of phenolic OH excluding ortho intramolecular Hbond substituents is 1. The summed E-state index contributed by atoms with van der Waals surface area (Å²) in [4.78, 5) is 44.8. The summed E-state index contributed by atoms with van der Waals surface area (Å²) < 4.78 is 11.3. The molecule has 1 amide bonds. The molecule has 8 nitrogen and oxygen atoms in total. The van der Waals surface area contributed by atoms with E-state index in [-0.39, 0.29) is 24.0 Å². The summed E-state index contributed by atoms with van der Waals surface area (Å²) >= 11 is 1.46. The molecule has 3 aromatic rings. The van der Waals surface area contributed by atoms with Crippen molar-refractivity contribution in [1.82, 2.24) is 4.90 Å². The Kier molecular flexibility index (Phi) is 8.26. The molecule has 1 saturated heterocycles. The third kappa shape index (κ3) is 5.90. The Morgan fingerprint density at radius 3 is 2.20 bits per heavy atom. The molecule has 0 bridgehead atoms. The molecule has 2 aliphatic rings. The van der Waals surface area contributed by atoms with E-state index in [4.69, 9.17) is 9.47 Å². The number of ether oxygens (including phenoxy) is 2. The lowest BCUT2D eigenvalue weighted by Gasteiger charge is -2.48. The lowest BCUT2D eigenvalue weighted by molar-refractivity contribution is -0.153. The molecule has 0 unspecified atom stereocenters. The first-order valence-corrected chi connectivity index (χ1v) is 14.2. The maximum Gasteiger partial charge on any atom is 0.356 e. The van der Waals surface area contributed by atoms with Crippen LogP contribution in [-0.2, 0) is 23.9 Å². The number of esters is 2. The number of carbonyl (C=O) groups excluding carboxylic acids is 3. The third-order valence-electron chi connectivity index (χ3n) is 6.99. The number of thioether (sulfide) groups is 1. The predicted molar refractivity (Wildman–Crippen MR) is 157 cm³/mol. The van der Waals surface area contributed by atoms with Gasteiger partial charge in [0.1, 0.15) is 23.4 Å². The Labute approximate surface area is 242 Å². The molecule has 41 heavy (non-hydrogen) atoms. The van der Waals surface area contributed by atoms with E-state index in [9.17, 15) is 19.5 Å². The summed E-state index contributed by atoms with van der Waals surface area (Å²) in [5.74, 6) is -0.893. The minimum absolute atomic E-state index is 0.0969. The standard InChI is InChI=1S/C32H30N2O6S/c1-19-14-22(15-20(2)28(19)36)16-33-26-30(37)34-27(25(17-39-21(3)35)18-41-31(26)34)32(38)40-29(23-10-6-4-7-11-23)24-12-8-5-9-13-24/h4-16,26,29,31,36H,17-18H2,1-3H3/b33-16+/t26-,31-/m1/s1. The van der Waals surface area contributed by atoms with Crippen LogP contribution in [-0.4, -0.2) is 57.8 Å². The quantitative estimate of drug-likeness (QED) is 0.234. The van der Waals surface area contributed by atoms with Crippen LogP contribution in [0.1, 0.15) is 40.8 Å². The van der Waals surface area contributed by atoms with Gasteiger partial charge in [-0.15, -0.1) is 11.8 Å². The molecule has 2 heterocycles. The zero-order chi connectivity index (χ0) is 29.1. The van der Waals surface area contributed by atoms with Crippen LogP contribution in [0.4, 0.5) is 0 Å². The van der Waals surface area contributed by atoms with Gasteiger partial charge >= 0.3 is 11.9 Å². The topological polar surface area (TPSA) is 106 Å². The maximum absolute atomic E-state index is 13.9. The van der Waals surface area contributed by atoms with Crippen LogP contribution in [0.2, 0.25) is 0 Å². The number of hydrogen-bond donors (Lipinski definition) is 1. The van der Waals surface area contributed by atoms with Gasteiger partial charge in [0.2, 0.25) is 0 Å². The number of benzene rings is 3. The van der Waals surface area contributed by atoms with Gasteiger partial charge in [0.15, 0.2) is 12.1 Å². The minimum Gasteiger partial charge on any atom is -0.507 e. The highest BCUT2D eigenvalue weighted by Gasteiger charge is 2.54. The van der Waals surface area contributed by atoms with Gasteiger partial charge in [-0.05, 0) is 53.8 Å². The number of amides is 1. The van der Waals surface area contributed by atoms with Crippen molar-refractivity contribution >= 4 is 35.8 Å². The second-order valence-electron chi connectivity index (χ2n) is 9.98. The van der Waals surface area contributed by atoms with Gasteiger partial charge in [-0.25, -0.2) is 4.79 Å². The number of rotatable bonds is 8. The van der Waals surface area contributed by atoms with Crippen molar-refractivity contribution in [3.8, 4) is 5.75 Å². The number of nitrogens with zero attached hydrogens (tertiary/aromatic N) is 2. The van der Waals surface area contributed by atoms with Crippen LogP contribution in [0.5, 0.6) is 5.75 Å². The van der Waals surface area contributed by atoms with Gasteiger partial charge in [-0.1, -0.05) is 60.7 Å². The molecule has 1 fully saturated rings. The van der Waals surface area contributed by atoms with E-state index in [2.05, 4.69) is 4.99 Å². The highest BCUT2D eigenvalue weighted by atomic mass is 32.2. The van der Waals surface area contributed by atoms with Crippen molar-refractivity contribution < 1.29 is 29.0 Å². The third-order valence-corrected chi connectivity index (χ3v) is 8.31. The number of hydrogen-bond acceptors (Lipinski definition) is 8. The average molecular weight is 571 g/mol. The zero-order valence-electron chi connectivity index (χ0n) is 22.9. The summed E-state index contributed by atoms with van der Waals surface area (Å²) in [7, 11) is 0. The second-order valence-corrected chi connectivity index (χ2v) is 11.1. The number of β-lactam (4-membered cyclic amide) rings is 1. The second kappa shape index (κ2) is 12.0. The number of phenols is 1. The fraction of sp³-hybridized carbons (Fsp3) is 0.250. The molecule has 210 valence electrons. The van der Waals surface area contributed by atoms with Crippen molar-refractivity contribution in [3.05, 3.63) is 112 Å². The summed E-state index contributed by atoms with van der Waals surface area (Å²) in [5.41, 5.74) is 4.38. The Bertz CT molecular complexity index is 1470. The number of carbonyl (C=O) groups is 3. The largest absolute Gasteiger partial charge is 0.507 e. The first-order valence-electron chi connectivity index (χ1n) is 13.2. The highest BCUT2D eigenvalue weighted by Crippen LogP contribution is 2.43. The van der Waals surface area contributed by atoms with E-state index in [1.54, 1.807) is 32.2 Å². The Balaban J connectivity index is 1.44. The molecule has 3 aromatic carbocycles. The Morgan fingerprint density at radius 2 is 1.63 bits per heavy atom. The first-order chi connectivity index (χ1) is 19.7. The lowest BCUT2D eigenvalue weighted by Crippen LogP contribution is -2.64. The molecule has 0 aromatic heterocycles. The van der Waals surface area contributed by atoms with E-state index in [0.717, 1.165) is 27.8 Å². The highest BCUT2D eigenvalue weighted by molar-refractivity contribution is 8.00. The van der Waals surface area contributed by atoms with E-state index >= 15 is 0 Å². The molecule has 0 spiro atoms. The van der Waals surface area contributed by atoms with Crippen molar-refractivity contribution in [2.45, 2.75) is 38.3 Å². The smallest absolute Gasteiger partial charge is 0.356 e. The molecular weight excluding hydrogens is 540 g/mol. The van der Waals surface area contributed by atoms with Gasteiger partial charge < -0.3 is 14.6 Å². The minimum atomic E-state index is -0.702. The number of aryl methyl sites for hydroxylation is 2.